The van der Waals surface area contributed by atoms with Gasteiger partial charge in [0.25, 0.3) is 0 Å². The molecule has 0 saturated heterocycles. The van der Waals surface area contributed by atoms with E-state index in [4.69, 9.17) is 0 Å². The predicted molar refractivity (Wildman–Crippen MR) is 46.1 cm³/mol. The van der Waals surface area contributed by atoms with Gasteiger partial charge in [-0.15, -0.1) is 0 Å². The second-order valence-corrected chi connectivity index (χ2v) is 2.75. The minimum absolute atomic E-state index is 0.0411. The molecule has 1 aliphatic rings. The van der Waals surface area contributed by atoms with Crippen molar-refractivity contribution in [3.8, 4) is 0 Å². The lowest BCUT2D eigenvalue weighted by Crippen LogP contribution is -2.28. The third-order valence-electron chi connectivity index (χ3n) is 1.84. The highest BCUT2D eigenvalue weighted by atomic mass is 16.2. The molecule has 0 unspecified atom stereocenters. The largest absolute Gasteiger partial charge is 0.373 e. The number of hydrogen-bond donors (Lipinski definition) is 2. The Hall–Kier alpha value is -1.58. The van der Waals surface area contributed by atoms with Crippen molar-refractivity contribution in [1.29, 1.82) is 0 Å². The van der Waals surface area contributed by atoms with Gasteiger partial charge < -0.3 is 10.6 Å². The Bertz CT molecular complexity index is 335. The summed E-state index contributed by atoms with van der Waals surface area (Å²) in [7, 11) is 0. The summed E-state index contributed by atoms with van der Waals surface area (Å²) >= 11 is 0. The molecule has 1 amide bonds. The Balaban J connectivity index is 2.48. The number of anilines is 2. The Morgan fingerprint density at radius 1 is 1.58 bits per heavy atom. The Kier molecular flexibility index (Phi) is 1.46. The van der Waals surface area contributed by atoms with E-state index in [1.54, 1.807) is 6.20 Å². The number of amides is 1. The minimum atomic E-state index is -0.0411. The van der Waals surface area contributed by atoms with Crippen LogP contribution in [-0.2, 0) is 4.79 Å². The molecule has 62 valence electrons. The molecule has 4 nitrogen and oxygen atoms in total. The van der Waals surface area contributed by atoms with Crippen LogP contribution in [0, 0.1) is 6.92 Å². The predicted octanol–water partition coefficient (Wildman–Crippen LogP) is 0.754. The summed E-state index contributed by atoms with van der Waals surface area (Å²) in [4.78, 5) is 15.0. The molecule has 4 heteroatoms. The number of aryl methyl sites for hydroxylation is 1. The van der Waals surface area contributed by atoms with Crippen LogP contribution in [0.1, 0.15) is 5.56 Å². The van der Waals surface area contributed by atoms with E-state index in [1.807, 2.05) is 13.0 Å². The van der Waals surface area contributed by atoms with Crippen molar-refractivity contribution < 1.29 is 4.79 Å². The van der Waals surface area contributed by atoms with Crippen LogP contribution >= 0.6 is 0 Å². The monoisotopic (exact) mass is 163 g/mol. The van der Waals surface area contributed by atoms with E-state index in [1.165, 1.54) is 0 Å². The van der Waals surface area contributed by atoms with E-state index in [0.29, 0.717) is 12.4 Å². The topological polar surface area (TPSA) is 54.0 Å². The normalized spacial score (nSPS) is 14.6. The third-order valence-corrected chi connectivity index (χ3v) is 1.84. The van der Waals surface area contributed by atoms with Gasteiger partial charge in [0.2, 0.25) is 5.91 Å². The fraction of sp³-hybridized carbons (Fsp3) is 0.250. The molecule has 0 aromatic carbocycles. The molecule has 0 fully saturated rings. The van der Waals surface area contributed by atoms with E-state index in [-0.39, 0.29) is 5.91 Å². The fourth-order valence-electron chi connectivity index (χ4n) is 1.22. The lowest BCUT2D eigenvalue weighted by molar-refractivity contribution is -0.114. The summed E-state index contributed by atoms with van der Waals surface area (Å²) in [6, 6.07) is 1.91. The molecular formula is C8H9N3O. The van der Waals surface area contributed by atoms with E-state index >= 15 is 0 Å². The van der Waals surface area contributed by atoms with Gasteiger partial charge in [0.05, 0.1) is 12.2 Å². The summed E-state index contributed by atoms with van der Waals surface area (Å²) in [5.74, 6) is 0.590. The second-order valence-electron chi connectivity index (χ2n) is 2.75. The highest BCUT2D eigenvalue weighted by Crippen LogP contribution is 2.24. The number of nitrogens with zero attached hydrogens (tertiary/aromatic N) is 1. The first kappa shape index (κ1) is 7.09. The van der Waals surface area contributed by atoms with Gasteiger partial charge in [0, 0.05) is 6.20 Å². The zero-order valence-electron chi connectivity index (χ0n) is 6.72. The minimum Gasteiger partial charge on any atom is -0.373 e. The lowest BCUT2D eigenvalue weighted by Gasteiger charge is -2.18. The molecule has 1 aliphatic heterocycles. The number of nitrogens with one attached hydrogen (secondary N) is 2. The molecule has 12 heavy (non-hydrogen) atoms. The summed E-state index contributed by atoms with van der Waals surface area (Å²) in [6.45, 7) is 2.31. The highest BCUT2D eigenvalue weighted by Gasteiger charge is 2.15. The van der Waals surface area contributed by atoms with Gasteiger partial charge >= 0.3 is 0 Å². The first-order valence-electron chi connectivity index (χ1n) is 3.77. The van der Waals surface area contributed by atoms with Crippen LogP contribution in [0.3, 0.4) is 0 Å². The zero-order chi connectivity index (χ0) is 8.55. The van der Waals surface area contributed by atoms with Crippen LogP contribution in [0.15, 0.2) is 12.3 Å². The maximum absolute atomic E-state index is 10.9. The van der Waals surface area contributed by atoms with Crippen LogP contribution in [0.4, 0.5) is 11.5 Å². The number of rotatable bonds is 0. The second kappa shape index (κ2) is 2.48. The zero-order valence-corrected chi connectivity index (χ0v) is 6.72. The van der Waals surface area contributed by atoms with Gasteiger partial charge in [0.15, 0.2) is 5.82 Å². The summed E-state index contributed by atoms with van der Waals surface area (Å²) in [5.41, 5.74) is 2.03. The molecular weight excluding hydrogens is 154 g/mol. The molecule has 0 bridgehead atoms. The van der Waals surface area contributed by atoms with Crippen molar-refractivity contribution >= 4 is 17.4 Å². The van der Waals surface area contributed by atoms with Crippen LogP contribution in [0.2, 0.25) is 0 Å². The van der Waals surface area contributed by atoms with Crippen molar-refractivity contribution in [2.24, 2.45) is 0 Å². The van der Waals surface area contributed by atoms with Crippen molar-refractivity contribution in [2.45, 2.75) is 6.92 Å². The molecule has 2 N–H and O–H groups in total. The van der Waals surface area contributed by atoms with Gasteiger partial charge in [-0.1, -0.05) is 0 Å². The smallest absolute Gasteiger partial charge is 0.244 e. The van der Waals surface area contributed by atoms with Crippen molar-refractivity contribution in [3.63, 3.8) is 0 Å². The van der Waals surface area contributed by atoms with E-state index in [9.17, 15) is 4.79 Å². The molecule has 0 aliphatic carbocycles. The van der Waals surface area contributed by atoms with E-state index in [2.05, 4.69) is 15.6 Å². The molecule has 2 heterocycles. The molecule has 1 aromatic heterocycles. The van der Waals surface area contributed by atoms with E-state index in [0.717, 1.165) is 11.3 Å². The summed E-state index contributed by atoms with van der Waals surface area (Å²) in [5, 5.41) is 5.69. The molecule has 1 aromatic rings. The molecule has 0 saturated carbocycles. The van der Waals surface area contributed by atoms with Crippen LogP contribution in [0.25, 0.3) is 0 Å². The van der Waals surface area contributed by atoms with Crippen molar-refractivity contribution in [3.05, 3.63) is 17.8 Å². The number of hydrogen-bond acceptors (Lipinski definition) is 3. The average Bonchev–Trinajstić information content (AvgIpc) is 2.04. The van der Waals surface area contributed by atoms with Gasteiger partial charge in [-0.25, -0.2) is 4.98 Å². The number of fused-ring (bicyclic) bond motifs is 1. The van der Waals surface area contributed by atoms with Crippen molar-refractivity contribution in [1.82, 2.24) is 4.98 Å². The highest BCUT2D eigenvalue weighted by molar-refractivity contribution is 5.99. The number of aromatic nitrogens is 1. The molecule has 0 radical (unpaired) electrons. The van der Waals surface area contributed by atoms with Crippen molar-refractivity contribution in [2.75, 3.05) is 17.2 Å². The van der Waals surface area contributed by atoms with Crippen LogP contribution < -0.4 is 10.6 Å². The van der Waals surface area contributed by atoms with Gasteiger partial charge in [-0.3, -0.25) is 4.79 Å². The molecule has 2 rings (SSSR count). The number of carbonyl (C=O) groups is 1. The fourth-order valence-corrected chi connectivity index (χ4v) is 1.22. The summed E-state index contributed by atoms with van der Waals surface area (Å²) in [6.07, 6.45) is 1.68. The maximum atomic E-state index is 10.9. The van der Waals surface area contributed by atoms with Crippen LogP contribution in [0.5, 0.6) is 0 Å². The Labute approximate surface area is 70.0 Å². The Morgan fingerprint density at radius 3 is 3.25 bits per heavy atom. The lowest BCUT2D eigenvalue weighted by atomic mass is 10.2. The van der Waals surface area contributed by atoms with Gasteiger partial charge in [0.1, 0.15) is 0 Å². The van der Waals surface area contributed by atoms with Crippen LogP contribution in [-0.4, -0.2) is 17.4 Å². The first-order valence-corrected chi connectivity index (χ1v) is 3.77. The SMILES string of the molecule is Cc1ccnc2c1NCC(=O)N2. The molecule has 0 spiro atoms. The average molecular weight is 163 g/mol. The number of pyridine rings is 1. The van der Waals surface area contributed by atoms with E-state index < -0.39 is 0 Å². The standard InChI is InChI=1S/C8H9N3O/c1-5-2-3-9-8-7(5)10-4-6(12)11-8/h2-3,10H,4H2,1H3,(H,9,11,12). The third kappa shape index (κ3) is 1.01. The maximum Gasteiger partial charge on any atom is 0.244 e. The molecule has 0 atom stereocenters. The quantitative estimate of drug-likeness (QED) is 0.593. The van der Waals surface area contributed by atoms with Gasteiger partial charge in [-0.05, 0) is 18.6 Å². The number of carbonyl (C=O) groups excluding carboxylic acids is 1. The first-order chi connectivity index (χ1) is 5.77. The Morgan fingerprint density at radius 2 is 2.42 bits per heavy atom. The van der Waals surface area contributed by atoms with Gasteiger partial charge in [-0.2, -0.15) is 0 Å². The summed E-state index contributed by atoms with van der Waals surface area (Å²) < 4.78 is 0.